The Labute approximate surface area is 209 Å². The van der Waals surface area contributed by atoms with Gasteiger partial charge in [-0.15, -0.1) is 24.0 Å². The minimum atomic E-state index is 0. The maximum Gasteiger partial charge on any atom is 0.236 e. The second kappa shape index (κ2) is 13.7. The molecule has 0 atom stereocenters. The Kier molecular flexibility index (Phi) is 11.4. The van der Waals surface area contributed by atoms with Gasteiger partial charge < -0.3 is 25.0 Å². The van der Waals surface area contributed by atoms with E-state index in [1.54, 1.807) is 12.1 Å². The lowest BCUT2D eigenvalue weighted by Crippen LogP contribution is -2.54. The maximum atomic E-state index is 12.7. The highest BCUT2D eigenvalue weighted by atomic mass is 127. The van der Waals surface area contributed by atoms with Crippen molar-refractivity contribution in [2.75, 3.05) is 59.5 Å². The lowest BCUT2D eigenvalue weighted by atomic mass is 10.2. The van der Waals surface area contributed by atoms with Crippen LogP contribution < -0.4 is 10.1 Å². The molecule has 0 bridgehead atoms. The summed E-state index contributed by atoms with van der Waals surface area (Å²) in [6, 6.07) is 5.36. The van der Waals surface area contributed by atoms with Crippen LogP contribution in [0.25, 0.3) is 0 Å². The molecule has 2 N–H and O–H groups in total. The number of phenolic OH excluding ortho intramolecular Hbond substituents is 1. The lowest BCUT2D eigenvalue weighted by molar-refractivity contribution is -0.132. The van der Waals surface area contributed by atoms with Gasteiger partial charge in [-0.1, -0.05) is 18.9 Å². The Hall–Kier alpha value is -1.75. The molecule has 2 aliphatic rings. The van der Waals surface area contributed by atoms with E-state index >= 15 is 0 Å². The van der Waals surface area contributed by atoms with Crippen LogP contribution in [0.2, 0.25) is 0 Å². The first-order chi connectivity index (χ1) is 15.1. The predicted octanol–water partition coefficient (Wildman–Crippen LogP) is 2.50. The second-order valence-corrected chi connectivity index (χ2v) is 8.23. The number of carbonyl (C=O) groups excluding carboxylic acids is 1. The number of methoxy groups -OCH3 is 1. The van der Waals surface area contributed by atoms with E-state index in [1.165, 1.54) is 20.0 Å². The van der Waals surface area contributed by atoms with Crippen LogP contribution >= 0.6 is 24.0 Å². The molecule has 9 heteroatoms. The molecular weight excluding hydrogens is 521 g/mol. The highest BCUT2D eigenvalue weighted by Gasteiger charge is 2.23. The number of aliphatic imine (C=N–C) groups is 1. The van der Waals surface area contributed by atoms with Gasteiger partial charge in [-0.3, -0.25) is 9.69 Å². The summed E-state index contributed by atoms with van der Waals surface area (Å²) < 4.78 is 5.10. The van der Waals surface area contributed by atoms with E-state index in [0.29, 0.717) is 18.8 Å². The Morgan fingerprint density at radius 3 is 2.34 bits per heavy atom. The van der Waals surface area contributed by atoms with Crippen LogP contribution in [0.4, 0.5) is 0 Å². The number of hydrogen-bond acceptors (Lipinski definition) is 5. The van der Waals surface area contributed by atoms with Crippen molar-refractivity contribution in [1.29, 1.82) is 0 Å². The first kappa shape index (κ1) is 26.5. The summed E-state index contributed by atoms with van der Waals surface area (Å²) in [5, 5.41) is 13.4. The van der Waals surface area contributed by atoms with Crippen LogP contribution in [-0.2, 0) is 11.3 Å². The summed E-state index contributed by atoms with van der Waals surface area (Å²) in [6.07, 6.45) is 4.75. The first-order valence-electron chi connectivity index (χ1n) is 11.5. The third kappa shape index (κ3) is 7.68. The van der Waals surface area contributed by atoms with Crippen LogP contribution in [0.15, 0.2) is 23.2 Å². The van der Waals surface area contributed by atoms with Crippen LogP contribution in [0.3, 0.4) is 0 Å². The van der Waals surface area contributed by atoms with Crippen molar-refractivity contribution < 1.29 is 14.6 Å². The maximum absolute atomic E-state index is 12.7. The summed E-state index contributed by atoms with van der Waals surface area (Å²) in [4.78, 5) is 24.0. The van der Waals surface area contributed by atoms with E-state index in [-0.39, 0.29) is 35.6 Å². The molecule has 0 unspecified atom stereocenters. The number of nitrogens with zero attached hydrogens (tertiary/aromatic N) is 4. The molecule has 0 radical (unpaired) electrons. The topological polar surface area (TPSA) is 80.6 Å². The molecule has 8 nitrogen and oxygen atoms in total. The van der Waals surface area contributed by atoms with Gasteiger partial charge in [-0.25, -0.2) is 4.99 Å². The molecule has 2 saturated heterocycles. The SMILES string of the molecule is CCNC(=NCc1ccc(OC)c(O)c1)N1CCN(CC(=O)N2CCCCCC2)CC1.I. The molecule has 2 heterocycles. The Morgan fingerprint density at radius 1 is 1.06 bits per heavy atom. The molecular formula is C23H38IN5O3. The van der Waals surface area contributed by atoms with Crippen molar-refractivity contribution in [2.24, 2.45) is 4.99 Å². The fraction of sp³-hybridized carbons (Fsp3) is 0.652. The van der Waals surface area contributed by atoms with E-state index in [0.717, 1.165) is 70.2 Å². The number of aromatic hydroxyl groups is 1. The quantitative estimate of drug-likeness (QED) is 0.317. The average molecular weight is 559 g/mol. The summed E-state index contributed by atoms with van der Waals surface area (Å²) in [7, 11) is 1.54. The number of phenols is 1. The van der Waals surface area contributed by atoms with Crippen molar-refractivity contribution in [2.45, 2.75) is 39.2 Å². The standard InChI is InChI=1S/C23H37N5O3.HI/c1-3-24-23(25-17-19-8-9-21(31-2)20(29)16-19)28-14-12-26(13-15-28)18-22(30)27-10-6-4-5-7-11-27;/h8-9,16,29H,3-7,10-15,17-18H2,1-2H3,(H,24,25);1H. The molecule has 2 aliphatic heterocycles. The number of amides is 1. The number of piperazine rings is 1. The zero-order valence-corrected chi connectivity index (χ0v) is 21.7. The van der Waals surface area contributed by atoms with Gasteiger partial charge in [0.2, 0.25) is 5.91 Å². The Morgan fingerprint density at radius 2 is 1.75 bits per heavy atom. The lowest BCUT2D eigenvalue weighted by Gasteiger charge is -2.37. The number of rotatable bonds is 6. The zero-order valence-electron chi connectivity index (χ0n) is 19.4. The van der Waals surface area contributed by atoms with Crippen LogP contribution in [-0.4, -0.2) is 91.1 Å². The van der Waals surface area contributed by atoms with E-state index < -0.39 is 0 Å². The summed E-state index contributed by atoms with van der Waals surface area (Å²) in [6.45, 7) is 9.07. The van der Waals surface area contributed by atoms with Gasteiger partial charge in [0.15, 0.2) is 17.5 Å². The number of carbonyl (C=O) groups is 1. The normalized spacial score (nSPS) is 18.0. The summed E-state index contributed by atoms with van der Waals surface area (Å²) in [5.74, 6) is 1.74. The summed E-state index contributed by atoms with van der Waals surface area (Å²) in [5.41, 5.74) is 0.926. The monoisotopic (exact) mass is 559 g/mol. The highest BCUT2D eigenvalue weighted by molar-refractivity contribution is 14.0. The smallest absolute Gasteiger partial charge is 0.236 e. The molecule has 1 aromatic rings. The van der Waals surface area contributed by atoms with Gasteiger partial charge in [-0.2, -0.15) is 0 Å². The van der Waals surface area contributed by atoms with Gasteiger partial charge in [-0.05, 0) is 37.5 Å². The van der Waals surface area contributed by atoms with E-state index in [4.69, 9.17) is 9.73 Å². The second-order valence-electron chi connectivity index (χ2n) is 8.23. The number of nitrogens with one attached hydrogen (secondary N) is 1. The van der Waals surface area contributed by atoms with Crippen molar-refractivity contribution in [3.63, 3.8) is 0 Å². The van der Waals surface area contributed by atoms with Crippen molar-refractivity contribution in [1.82, 2.24) is 20.0 Å². The minimum Gasteiger partial charge on any atom is -0.504 e. The number of ether oxygens (including phenoxy) is 1. The molecule has 1 amide bonds. The van der Waals surface area contributed by atoms with E-state index in [9.17, 15) is 9.90 Å². The third-order valence-corrected chi connectivity index (χ3v) is 5.98. The van der Waals surface area contributed by atoms with Gasteiger partial charge >= 0.3 is 0 Å². The summed E-state index contributed by atoms with van der Waals surface area (Å²) >= 11 is 0. The van der Waals surface area contributed by atoms with Gasteiger partial charge in [0.25, 0.3) is 0 Å². The molecule has 0 aliphatic carbocycles. The van der Waals surface area contributed by atoms with Gasteiger partial charge in [0, 0.05) is 45.8 Å². The van der Waals surface area contributed by atoms with Crippen molar-refractivity contribution in [3.8, 4) is 11.5 Å². The molecule has 3 rings (SSSR count). The minimum absolute atomic E-state index is 0. The molecule has 0 aromatic heterocycles. The van der Waals surface area contributed by atoms with Gasteiger partial charge in [0.1, 0.15) is 0 Å². The largest absolute Gasteiger partial charge is 0.504 e. The predicted molar refractivity (Wildman–Crippen MR) is 138 cm³/mol. The zero-order chi connectivity index (χ0) is 22.1. The molecule has 2 fully saturated rings. The number of benzene rings is 1. The fourth-order valence-corrected chi connectivity index (χ4v) is 4.16. The number of halogens is 1. The molecule has 0 spiro atoms. The molecule has 32 heavy (non-hydrogen) atoms. The first-order valence-corrected chi connectivity index (χ1v) is 11.5. The van der Waals surface area contributed by atoms with Crippen molar-refractivity contribution >= 4 is 35.8 Å². The van der Waals surface area contributed by atoms with Crippen LogP contribution in [0.5, 0.6) is 11.5 Å². The van der Waals surface area contributed by atoms with Gasteiger partial charge in [0.05, 0.1) is 20.2 Å². The molecule has 180 valence electrons. The molecule has 0 saturated carbocycles. The van der Waals surface area contributed by atoms with E-state index in [1.807, 2.05) is 6.07 Å². The molecule has 1 aromatic carbocycles. The van der Waals surface area contributed by atoms with Crippen LogP contribution in [0.1, 0.15) is 38.2 Å². The Balaban J connectivity index is 0.00000363. The highest BCUT2D eigenvalue weighted by Crippen LogP contribution is 2.26. The van der Waals surface area contributed by atoms with Crippen LogP contribution in [0, 0.1) is 0 Å². The Bertz CT molecular complexity index is 745. The number of guanidine groups is 1. The fourth-order valence-electron chi connectivity index (χ4n) is 4.16. The van der Waals surface area contributed by atoms with Crippen molar-refractivity contribution in [3.05, 3.63) is 23.8 Å². The number of likely N-dealkylation sites (tertiary alicyclic amines) is 1. The number of hydrogen-bond donors (Lipinski definition) is 2. The van der Waals surface area contributed by atoms with E-state index in [2.05, 4.69) is 26.9 Å². The third-order valence-electron chi connectivity index (χ3n) is 5.98. The average Bonchev–Trinajstić information content (AvgIpc) is 3.07.